The van der Waals surface area contributed by atoms with Gasteiger partial charge in [-0.1, -0.05) is 17.7 Å². The third-order valence-electron chi connectivity index (χ3n) is 3.88. The molecule has 142 valence electrons. The van der Waals surface area contributed by atoms with Crippen molar-refractivity contribution in [2.75, 3.05) is 17.7 Å². The van der Waals surface area contributed by atoms with E-state index in [0.717, 1.165) is 11.3 Å². The molecule has 0 saturated carbocycles. The summed E-state index contributed by atoms with van der Waals surface area (Å²) in [5.41, 5.74) is 8.18. The molecule has 3 aromatic carbocycles. The number of amides is 1. The smallest absolute Gasteiger partial charge is 0.338 e. The zero-order valence-electron chi connectivity index (χ0n) is 15.3. The summed E-state index contributed by atoms with van der Waals surface area (Å²) in [6.07, 6.45) is 0. The van der Waals surface area contributed by atoms with E-state index >= 15 is 0 Å². The standard InChI is InChI=1S/C22H20N2O4/c1-15-2-10-19(11-3-15)28-20-12-8-18(9-13-20)24-21(25)14-27-22(26)16-4-6-17(23)7-5-16/h2-13H,14,23H2,1H3,(H,24,25). The fourth-order valence-corrected chi connectivity index (χ4v) is 2.38. The number of rotatable bonds is 6. The summed E-state index contributed by atoms with van der Waals surface area (Å²) < 4.78 is 10.7. The van der Waals surface area contributed by atoms with Crippen LogP contribution in [-0.2, 0) is 9.53 Å². The molecule has 0 aromatic heterocycles. The molecule has 6 heteroatoms. The van der Waals surface area contributed by atoms with Crippen LogP contribution < -0.4 is 15.8 Å². The Bertz CT molecular complexity index is 949. The molecule has 3 aromatic rings. The van der Waals surface area contributed by atoms with Gasteiger partial charge in [0.05, 0.1) is 5.56 Å². The number of hydrogen-bond donors (Lipinski definition) is 2. The number of benzene rings is 3. The van der Waals surface area contributed by atoms with E-state index in [4.69, 9.17) is 15.2 Å². The molecule has 0 aliphatic rings. The van der Waals surface area contributed by atoms with Crippen molar-refractivity contribution in [1.82, 2.24) is 0 Å². The fraction of sp³-hybridized carbons (Fsp3) is 0.0909. The van der Waals surface area contributed by atoms with Gasteiger partial charge in [0.1, 0.15) is 11.5 Å². The van der Waals surface area contributed by atoms with Gasteiger partial charge in [-0.25, -0.2) is 4.79 Å². The first-order valence-corrected chi connectivity index (χ1v) is 8.67. The Balaban J connectivity index is 1.49. The number of esters is 1. The zero-order chi connectivity index (χ0) is 19.9. The largest absolute Gasteiger partial charge is 0.457 e. The molecule has 3 rings (SSSR count). The average Bonchev–Trinajstić information content (AvgIpc) is 2.70. The predicted molar refractivity (Wildman–Crippen MR) is 107 cm³/mol. The molecule has 0 heterocycles. The number of aryl methyl sites for hydroxylation is 1. The molecule has 28 heavy (non-hydrogen) atoms. The van der Waals surface area contributed by atoms with Crippen LogP contribution in [0.5, 0.6) is 11.5 Å². The molecule has 0 aliphatic heterocycles. The maximum Gasteiger partial charge on any atom is 0.338 e. The summed E-state index contributed by atoms with van der Waals surface area (Å²) in [6.45, 7) is 1.62. The lowest BCUT2D eigenvalue weighted by atomic mass is 10.2. The summed E-state index contributed by atoms with van der Waals surface area (Å²) in [7, 11) is 0. The SMILES string of the molecule is Cc1ccc(Oc2ccc(NC(=O)COC(=O)c3ccc(N)cc3)cc2)cc1. The minimum atomic E-state index is -0.586. The topological polar surface area (TPSA) is 90.6 Å². The second kappa shape index (κ2) is 8.73. The Morgan fingerprint density at radius 1 is 0.857 bits per heavy atom. The fourth-order valence-electron chi connectivity index (χ4n) is 2.38. The molecule has 0 aliphatic carbocycles. The highest BCUT2D eigenvalue weighted by Crippen LogP contribution is 2.23. The lowest BCUT2D eigenvalue weighted by Gasteiger charge is -2.09. The Kier molecular flexibility index (Phi) is 5.91. The third-order valence-corrected chi connectivity index (χ3v) is 3.88. The van der Waals surface area contributed by atoms with Crippen LogP contribution in [0.25, 0.3) is 0 Å². The van der Waals surface area contributed by atoms with Gasteiger partial charge in [-0.15, -0.1) is 0 Å². The predicted octanol–water partition coefficient (Wildman–Crippen LogP) is 4.17. The van der Waals surface area contributed by atoms with Gasteiger partial charge in [-0.2, -0.15) is 0 Å². The first-order chi connectivity index (χ1) is 13.5. The van der Waals surface area contributed by atoms with E-state index in [-0.39, 0.29) is 6.61 Å². The van der Waals surface area contributed by atoms with Crippen LogP contribution in [-0.4, -0.2) is 18.5 Å². The van der Waals surface area contributed by atoms with Crippen molar-refractivity contribution in [2.45, 2.75) is 6.92 Å². The first-order valence-electron chi connectivity index (χ1n) is 8.67. The van der Waals surface area contributed by atoms with Crippen LogP contribution >= 0.6 is 0 Å². The number of carbonyl (C=O) groups is 2. The van der Waals surface area contributed by atoms with E-state index in [9.17, 15) is 9.59 Å². The van der Waals surface area contributed by atoms with Gasteiger partial charge < -0.3 is 20.5 Å². The summed E-state index contributed by atoms with van der Waals surface area (Å²) in [6, 6.07) is 20.9. The van der Waals surface area contributed by atoms with E-state index in [1.54, 1.807) is 48.5 Å². The Morgan fingerprint density at radius 3 is 2.04 bits per heavy atom. The Hall–Kier alpha value is -3.80. The number of hydrogen-bond acceptors (Lipinski definition) is 5. The van der Waals surface area contributed by atoms with Crippen LogP contribution in [0, 0.1) is 6.92 Å². The Morgan fingerprint density at radius 2 is 1.43 bits per heavy atom. The minimum absolute atomic E-state index is 0.333. The third kappa shape index (κ3) is 5.35. The highest BCUT2D eigenvalue weighted by atomic mass is 16.5. The highest BCUT2D eigenvalue weighted by molar-refractivity contribution is 5.95. The van der Waals surface area contributed by atoms with Crippen molar-refractivity contribution >= 4 is 23.3 Å². The molecule has 1 amide bonds. The number of anilines is 2. The molecule has 0 radical (unpaired) electrons. The number of nitrogen functional groups attached to an aromatic ring is 1. The number of nitrogens with one attached hydrogen (secondary N) is 1. The molecular weight excluding hydrogens is 356 g/mol. The summed E-state index contributed by atoms with van der Waals surface area (Å²) in [4.78, 5) is 23.9. The maximum absolute atomic E-state index is 12.0. The second-order valence-corrected chi connectivity index (χ2v) is 6.19. The van der Waals surface area contributed by atoms with Crippen molar-refractivity contribution < 1.29 is 19.1 Å². The Labute approximate surface area is 162 Å². The van der Waals surface area contributed by atoms with Crippen molar-refractivity contribution in [1.29, 1.82) is 0 Å². The van der Waals surface area contributed by atoms with E-state index in [0.29, 0.717) is 22.7 Å². The van der Waals surface area contributed by atoms with E-state index < -0.39 is 11.9 Å². The first kappa shape index (κ1) is 19.0. The van der Waals surface area contributed by atoms with E-state index in [1.165, 1.54) is 0 Å². The molecule has 6 nitrogen and oxygen atoms in total. The average molecular weight is 376 g/mol. The van der Waals surface area contributed by atoms with Crippen LogP contribution in [0.4, 0.5) is 11.4 Å². The second-order valence-electron chi connectivity index (χ2n) is 6.19. The van der Waals surface area contributed by atoms with Crippen LogP contribution in [0.2, 0.25) is 0 Å². The normalized spacial score (nSPS) is 10.2. The zero-order valence-corrected chi connectivity index (χ0v) is 15.3. The summed E-state index contributed by atoms with van der Waals surface area (Å²) in [5.74, 6) is 0.363. The van der Waals surface area contributed by atoms with Crippen LogP contribution in [0.3, 0.4) is 0 Å². The van der Waals surface area contributed by atoms with Gasteiger partial charge in [0.2, 0.25) is 0 Å². The van der Waals surface area contributed by atoms with E-state index in [1.807, 2.05) is 31.2 Å². The highest BCUT2D eigenvalue weighted by Gasteiger charge is 2.10. The van der Waals surface area contributed by atoms with Gasteiger partial charge in [-0.3, -0.25) is 4.79 Å². The molecule has 0 unspecified atom stereocenters. The lowest BCUT2D eigenvalue weighted by molar-refractivity contribution is -0.119. The van der Waals surface area contributed by atoms with Crippen molar-refractivity contribution in [2.24, 2.45) is 0 Å². The van der Waals surface area contributed by atoms with E-state index in [2.05, 4.69) is 5.32 Å². The van der Waals surface area contributed by atoms with Gasteiger partial charge in [0.25, 0.3) is 5.91 Å². The van der Waals surface area contributed by atoms with Gasteiger partial charge in [0, 0.05) is 11.4 Å². The van der Waals surface area contributed by atoms with Gasteiger partial charge in [-0.05, 0) is 67.6 Å². The minimum Gasteiger partial charge on any atom is -0.457 e. The van der Waals surface area contributed by atoms with Crippen LogP contribution in [0.15, 0.2) is 72.8 Å². The molecule has 0 saturated heterocycles. The lowest BCUT2D eigenvalue weighted by Crippen LogP contribution is -2.20. The number of ether oxygens (including phenoxy) is 2. The molecule has 0 bridgehead atoms. The van der Waals surface area contributed by atoms with Crippen molar-refractivity contribution in [3.05, 3.63) is 83.9 Å². The molecule has 0 spiro atoms. The molecule has 0 atom stereocenters. The van der Waals surface area contributed by atoms with Crippen molar-refractivity contribution in [3.63, 3.8) is 0 Å². The number of carbonyl (C=O) groups excluding carboxylic acids is 2. The molecular formula is C22H20N2O4. The van der Waals surface area contributed by atoms with Crippen LogP contribution in [0.1, 0.15) is 15.9 Å². The van der Waals surface area contributed by atoms with Gasteiger partial charge >= 0.3 is 5.97 Å². The molecule has 3 N–H and O–H groups in total. The van der Waals surface area contributed by atoms with Gasteiger partial charge in [0.15, 0.2) is 6.61 Å². The summed E-state index contributed by atoms with van der Waals surface area (Å²) >= 11 is 0. The van der Waals surface area contributed by atoms with Crippen molar-refractivity contribution in [3.8, 4) is 11.5 Å². The maximum atomic E-state index is 12.0. The quantitative estimate of drug-likeness (QED) is 0.498. The monoisotopic (exact) mass is 376 g/mol. The number of nitrogens with two attached hydrogens (primary N) is 1. The molecule has 0 fully saturated rings. The summed E-state index contributed by atoms with van der Waals surface area (Å²) in [5, 5.41) is 2.66.